The molecule has 1 fully saturated rings. The summed E-state index contributed by atoms with van der Waals surface area (Å²) in [5.41, 5.74) is 7.63. The lowest BCUT2D eigenvalue weighted by Crippen LogP contribution is -2.31. The quantitative estimate of drug-likeness (QED) is 0.155. The van der Waals surface area contributed by atoms with Gasteiger partial charge in [0.2, 0.25) is 0 Å². The molecule has 4 aromatic carbocycles. The minimum absolute atomic E-state index is 0.00484. The van der Waals surface area contributed by atoms with E-state index in [1.54, 1.807) is 18.0 Å². The summed E-state index contributed by atoms with van der Waals surface area (Å²) in [6.45, 7) is 0.367. The average Bonchev–Trinajstić information content (AvgIpc) is 3.57. The number of hydrogen-bond acceptors (Lipinski definition) is 8. The van der Waals surface area contributed by atoms with E-state index in [-0.39, 0.29) is 30.4 Å². The fourth-order valence-corrected chi connectivity index (χ4v) is 6.66. The number of imidazole rings is 1. The maximum absolute atomic E-state index is 12.8. The van der Waals surface area contributed by atoms with Crippen molar-refractivity contribution < 1.29 is 19.4 Å². The highest BCUT2D eigenvalue weighted by molar-refractivity contribution is 7.99. The molecule has 1 aliphatic heterocycles. The van der Waals surface area contributed by atoms with Crippen molar-refractivity contribution >= 4 is 28.7 Å². The minimum Gasteiger partial charge on any atom is -0.392 e. The van der Waals surface area contributed by atoms with Crippen LogP contribution in [0.25, 0.3) is 22.2 Å². The predicted molar refractivity (Wildman–Crippen MR) is 185 cm³/mol. The Morgan fingerprint density at radius 2 is 1.69 bits per heavy atom. The number of amides is 1. The highest BCUT2D eigenvalue weighted by Gasteiger charge is 2.32. The van der Waals surface area contributed by atoms with Crippen molar-refractivity contribution in [2.75, 3.05) is 5.75 Å². The van der Waals surface area contributed by atoms with Crippen molar-refractivity contribution in [1.82, 2.24) is 24.8 Å². The molecule has 48 heavy (non-hydrogen) atoms. The molecule has 1 aliphatic rings. The van der Waals surface area contributed by atoms with E-state index >= 15 is 0 Å². The third kappa shape index (κ3) is 7.32. The number of carbonyl (C=O) groups is 1. The standard InChI is InChI=1S/C38H35N5O4S/c1-43-18-17-39-38(43)48-24-31-20-35(28-11-9-25(23-44)10-12-28)47-37(46-31)29-15-13-27(14-16-29)30-6-4-5-26(19-30)21-41-36(45)34-22-40-32-7-2-3-8-33(32)42-34/h2-19,22,31,35,37,44H,20-21,23-24H2,1H3,(H,41,45). The zero-order valence-electron chi connectivity index (χ0n) is 26.4. The van der Waals surface area contributed by atoms with E-state index in [1.165, 1.54) is 6.20 Å². The smallest absolute Gasteiger partial charge is 0.271 e. The van der Waals surface area contributed by atoms with E-state index in [2.05, 4.69) is 44.5 Å². The van der Waals surface area contributed by atoms with E-state index in [1.807, 2.05) is 90.6 Å². The van der Waals surface area contributed by atoms with Gasteiger partial charge in [0.25, 0.3) is 5.91 Å². The van der Waals surface area contributed by atoms with E-state index < -0.39 is 6.29 Å². The van der Waals surface area contributed by atoms with Crippen LogP contribution in [0, 0.1) is 0 Å². The van der Waals surface area contributed by atoms with Crippen LogP contribution in [0.5, 0.6) is 0 Å². The van der Waals surface area contributed by atoms with E-state index in [0.717, 1.165) is 49.8 Å². The van der Waals surface area contributed by atoms with Crippen LogP contribution in [-0.2, 0) is 29.7 Å². The van der Waals surface area contributed by atoms with Crippen molar-refractivity contribution in [2.24, 2.45) is 7.05 Å². The van der Waals surface area contributed by atoms with Gasteiger partial charge in [0.15, 0.2) is 11.4 Å². The molecule has 2 N–H and O–H groups in total. The number of hydrogen-bond donors (Lipinski definition) is 2. The molecule has 1 saturated heterocycles. The number of thioether (sulfide) groups is 1. The van der Waals surface area contributed by atoms with Crippen molar-refractivity contribution in [2.45, 2.75) is 43.2 Å². The monoisotopic (exact) mass is 657 g/mol. The second kappa shape index (κ2) is 14.5. The first kappa shape index (κ1) is 31.7. The maximum atomic E-state index is 12.8. The van der Waals surface area contributed by atoms with Crippen LogP contribution < -0.4 is 5.32 Å². The van der Waals surface area contributed by atoms with E-state index in [0.29, 0.717) is 18.5 Å². The average molecular weight is 658 g/mol. The van der Waals surface area contributed by atoms with Gasteiger partial charge < -0.3 is 24.5 Å². The van der Waals surface area contributed by atoms with Gasteiger partial charge in [-0.25, -0.2) is 9.97 Å². The summed E-state index contributed by atoms with van der Waals surface area (Å²) in [7, 11) is 1.99. The van der Waals surface area contributed by atoms with Crippen LogP contribution in [0.3, 0.4) is 0 Å². The van der Waals surface area contributed by atoms with Gasteiger partial charge in [0.05, 0.1) is 36.0 Å². The van der Waals surface area contributed by atoms with Crippen LogP contribution in [0.15, 0.2) is 121 Å². The minimum atomic E-state index is -0.540. The Hall–Kier alpha value is -4.87. The van der Waals surface area contributed by atoms with Gasteiger partial charge in [-0.05, 0) is 46.0 Å². The molecule has 0 spiro atoms. The van der Waals surface area contributed by atoms with Crippen LogP contribution in [0.4, 0.5) is 0 Å². The summed E-state index contributed by atoms with van der Waals surface area (Å²) in [4.78, 5) is 26.1. The molecule has 0 aliphatic carbocycles. The number of aliphatic hydroxyl groups excluding tert-OH is 1. The Labute approximate surface area is 283 Å². The first-order valence-electron chi connectivity index (χ1n) is 15.8. The maximum Gasteiger partial charge on any atom is 0.271 e. The van der Waals surface area contributed by atoms with Crippen molar-refractivity contribution in [3.8, 4) is 11.1 Å². The van der Waals surface area contributed by atoms with Crippen molar-refractivity contribution in [1.29, 1.82) is 0 Å². The highest BCUT2D eigenvalue weighted by Crippen LogP contribution is 2.39. The molecule has 9 nitrogen and oxygen atoms in total. The lowest BCUT2D eigenvalue weighted by Gasteiger charge is -2.36. The molecular formula is C38H35N5O4S. The van der Waals surface area contributed by atoms with Gasteiger partial charge in [-0.15, -0.1) is 0 Å². The largest absolute Gasteiger partial charge is 0.392 e. The first-order chi connectivity index (χ1) is 23.5. The predicted octanol–water partition coefficient (Wildman–Crippen LogP) is 6.79. The van der Waals surface area contributed by atoms with Crippen molar-refractivity contribution in [3.05, 3.63) is 144 Å². The summed E-state index contributed by atoms with van der Waals surface area (Å²) >= 11 is 1.67. The summed E-state index contributed by atoms with van der Waals surface area (Å²) in [6, 6.07) is 31.8. The molecular weight excluding hydrogens is 623 g/mol. The fraction of sp³-hybridized carbons (Fsp3) is 0.211. The summed E-state index contributed by atoms with van der Waals surface area (Å²) < 4.78 is 15.1. The molecule has 6 aromatic rings. The Balaban J connectivity index is 1.04. The molecule has 3 unspecified atom stereocenters. The number of fused-ring (bicyclic) bond motifs is 1. The number of benzene rings is 4. The Kier molecular flexibility index (Phi) is 9.57. The van der Waals surface area contributed by atoms with Gasteiger partial charge in [-0.2, -0.15) is 0 Å². The number of nitrogens with zero attached hydrogens (tertiary/aromatic N) is 4. The van der Waals surface area contributed by atoms with Gasteiger partial charge >= 0.3 is 0 Å². The van der Waals surface area contributed by atoms with Crippen molar-refractivity contribution in [3.63, 3.8) is 0 Å². The molecule has 3 heterocycles. The van der Waals surface area contributed by atoms with Gasteiger partial charge in [0.1, 0.15) is 5.69 Å². The SMILES string of the molecule is Cn1ccnc1SCC1CC(c2ccc(CO)cc2)OC(c2ccc(-c3cccc(CNC(=O)c4cnc5ccccc5n4)c3)cc2)O1. The number of para-hydroxylation sites is 2. The zero-order chi connectivity index (χ0) is 32.9. The van der Waals surface area contributed by atoms with Crippen LogP contribution in [-0.4, -0.2) is 42.4 Å². The number of aliphatic hydroxyl groups is 1. The number of aryl methyl sites for hydroxylation is 1. The molecule has 2 aromatic heterocycles. The second-order valence-electron chi connectivity index (χ2n) is 11.7. The third-order valence-corrected chi connectivity index (χ3v) is 9.56. The molecule has 7 rings (SSSR count). The molecule has 0 saturated carbocycles. The molecule has 0 bridgehead atoms. The van der Waals surface area contributed by atoms with Gasteiger partial charge in [0, 0.05) is 43.7 Å². The zero-order valence-corrected chi connectivity index (χ0v) is 27.2. The summed E-state index contributed by atoms with van der Waals surface area (Å²) in [5, 5.41) is 13.4. The number of ether oxygens (including phenoxy) is 2. The highest BCUT2D eigenvalue weighted by atomic mass is 32.2. The molecule has 3 atom stereocenters. The Bertz CT molecular complexity index is 2010. The van der Waals surface area contributed by atoms with Crippen LogP contribution >= 0.6 is 11.8 Å². The first-order valence-corrected chi connectivity index (χ1v) is 16.8. The number of carbonyl (C=O) groups excluding carboxylic acids is 1. The number of rotatable bonds is 10. The lowest BCUT2D eigenvalue weighted by atomic mass is 9.99. The number of aromatic nitrogens is 4. The van der Waals surface area contributed by atoms with E-state index in [9.17, 15) is 9.90 Å². The second-order valence-corrected chi connectivity index (χ2v) is 12.7. The van der Waals surface area contributed by atoms with Gasteiger partial charge in [-0.3, -0.25) is 9.78 Å². The topological polar surface area (TPSA) is 111 Å². The van der Waals surface area contributed by atoms with Crippen LogP contribution in [0.2, 0.25) is 0 Å². The van der Waals surface area contributed by atoms with Crippen LogP contribution in [0.1, 0.15) is 51.6 Å². The number of nitrogens with one attached hydrogen (secondary N) is 1. The molecule has 242 valence electrons. The lowest BCUT2D eigenvalue weighted by molar-refractivity contribution is -0.245. The van der Waals surface area contributed by atoms with Gasteiger partial charge in [-0.1, -0.05) is 90.6 Å². The molecule has 1 amide bonds. The molecule has 0 radical (unpaired) electrons. The third-order valence-electron chi connectivity index (χ3n) is 8.37. The normalized spacial score (nSPS) is 17.8. The summed E-state index contributed by atoms with van der Waals surface area (Å²) in [6.07, 6.45) is 5.21. The fourth-order valence-electron chi connectivity index (χ4n) is 5.71. The van der Waals surface area contributed by atoms with E-state index in [4.69, 9.17) is 9.47 Å². The molecule has 10 heteroatoms. The summed E-state index contributed by atoms with van der Waals surface area (Å²) in [5.74, 6) is 0.472. The Morgan fingerprint density at radius 3 is 2.46 bits per heavy atom. The Morgan fingerprint density at radius 1 is 0.896 bits per heavy atom.